The van der Waals surface area contributed by atoms with Gasteiger partial charge in [-0.05, 0) is 51.8 Å². The van der Waals surface area contributed by atoms with Crippen LogP contribution in [0.1, 0.15) is 45.2 Å². The second kappa shape index (κ2) is 12.5. The summed E-state index contributed by atoms with van der Waals surface area (Å²) in [4.78, 5) is 27.8. The second-order valence-corrected chi connectivity index (χ2v) is 8.33. The summed E-state index contributed by atoms with van der Waals surface area (Å²) in [5, 5.41) is 0. The molecule has 180 valence electrons. The highest BCUT2D eigenvalue weighted by atomic mass is 16.6. The molecule has 0 aliphatic heterocycles. The van der Waals surface area contributed by atoms with E-state index < -0.39 is 23.2 Å². The zero-order chi connectivity index (χ0) is 24.4. The standard InChI is InChI=1S/C24H37NO7/c1-9-13-24(21(26)31-10-2,25(17-29-7)22(27)32-23(3,4)5)15-18-11-12-20(30-8)19(14-18)16-28-6/h9,11-12,14H,1,10,13,15-17H2,2-8H3/t24-/m0/s1. The monoisotopic (exact) mass is 451 g/mol. The Bertz CT molecular complexity index is 772. The van der Waals surface area contributed by atoms with Crippen molar-refractivity contribution in [2.45, 2.75) is 58.3 Å². The highest BCUT2D eigenvalue weighted by Gasteiger charge is 2.48. The van der Waals surface area contributed by atoms with Crippen molar-refractivity contribution in [3.8, 4) is 5.75 Å². The van der Waals surface area contributed by atoms with Crippen LogP contribution in [0.25, 0.3) is 0 Å². The minimum Gasteiger partial charge on any atom is -0.496 e. The van der Waals surface area contributed by atoms with Crippen LogP contribution in [0.4, 0.5) is 4.79 Å². The Morgan fingerprint density at radius 2 is 1.81 bits per heavy atom. The highest BCUT2D eigenvalue weighted by molar-refractivity contribution is 5.86. The van der Waals surface area contributed by atoms with Crippen molar-refractivity contribution in [1.82, 2.24) is 4.90 Å². The molecule has 0 heterocycles. The van der Waals surface area contributed by atoms with E-state index in [2.05, 4.69) is 6.58 Å². The van der Waals surface area contributed by atoms with Gasteiger partial charge in [-0.15, -0.1) is 6.58 Å². The molecule has 8 heteroatoms. The molecule has 32 heavy (non-hydrogen) atoms. The van der Waals surface area contributed by atoms with Crippen LogP contribution in [-0.2, 0) is 36.8 Å². The Balaban J connectivity index is 3.60. The number of nitrogens with zero attached hydrogens (tertiary/aromatic N) is 1. The van der Waals surface area contributed by atoms with E-state index in [9.17, 15) is 9.59 Å². The number of carbonyl (C=O) groups excluding carboxylic acids is 2. The van der Waals surface area contributed by atoms with Crippen molar-refractivity contribution in [1.29, 1.82) is 0 Å². The topological polar surface area (TPSA) is 83.5 Å². The van der Waals surface area contributed by atoms with Crippen LogP contribution in [0, 0.1) is 0 Å². The number of rotatable bonds is 12. The normalized spacial score (nSPS) is 13.1. The van der Waals surface area contributed by atoms with Crippen LogP contribution in [0.3, 0.4) is 0 Å². The number of methoxy groups -OCH3 is 3. The number of esters is 1. The van der Waals surface area contributed by atoms with Crippen molar-refractivity contribution in [2.24, 2.45) is 0 Å². The maximum absolute atomic E-state index is 13.4. The summed E-state index contributed by atoms with van der Waals surface area (Å²) in [5.41, 5.74) is -0.574. The molecule has 0 aliphatic carbocycles. The third-order valence-electron chi connectivity index (χ3n) is 4.67. The van der Waals surface area contributed by atoms with Crippen LogP contribution < -0.4 is 4.74 Å². The molecule has 1 rings (SSSR count). The van der Waals surface area contributed by atoms with Crippen molar-refractivity contribution < 1.29 is 33.3 Å². The highest BCUT2D eigenvalue weighted by Crippen LogP contribution is 2.31. The lowest BCUT2D eigenvalue weighted by Crippen LogP contribution is -2.60. The minimum atomic E-state index is -1.42. The molecule has 0 aromatic heterocycles. The van der Waals surface area contributed by atoms with Crippen LogP contribution in [0.5, 0.6) is 5.75 Å². The van der Waals surface area contributed by atoms with E-state index >= 15 is 0 Å². The summed E-state index contributed by atoms with van der Waals surface area (Å²) in [6, 6.07) is 5.54. The largest absolute Gasteiger partial charge is 0.496 e. The van der Waals surface area contributed by atoms with Crippen molar-refractivity contribution in [3.63, 3.8) is 0 Å². The van der Waals surface area contributed by atoms with Gasteiger partial charge in [0, 0.05) is 26.2 Å². The van der Waals surface area contributed by atoms with Crippen molar-refractivity contribution in [2.75, 3.05) is 34.7 Å². The Labute approximate surface area is 191 Å². The molecule has 0 N–H and O–H groups in total. The molecule has 0 saturated carbocycles. The van der Waals surface area contributed by atoms with Crippen LogP contribution >= 0.6 is 0 Å². The van der Waals surface area contributed by atoms with Crippen molar-refractivity contribution in [3.05, 3.63) is 42.0 Å². The molecule has 1 aromatic carbocycles. The van der Waals surface area contributed by atoms with Gasteiger partial charge in [-0.3, -0.25) is 4.90 Å². The molecule has 0 unspecified atom stereocenters. The predicted octanol–water partition coefficient (Wildman–Crippen LogP) is 4.10. The smallest absolute Gasteiger partial charge is 0.413 e. The molecule has 0 aliphatic rings. The van der Waals surface area contributed by atoms with Gasteiger partial charge in [-0.25, -0.2) is 9.59 Å². The molecule has 0 radical (unpaired) electrons. The van der Waals surface area contributed by atoms with Gasteiger partial charge >= 0.3 is 12.1 Å². The SMILES string of the molecule is C=CC[C@](Cc1ccc(OC)c(COC)c1)(C(=O)OCC)N(COC)C(=O)OC(C)(C)C. The first kappa shape index (κ1) is 27.5. The van der Waals surface area contributed by atoms with Gasteiger partial charge in [0.2, 0.25) is 0 Å². The van der Waals surface area contributed by atoms with Gasteiger partial charge in [0.25, 0.3) is 0 Å². The Morgan fingerprint density at radius 1 is 1.12 bits per heavy atom. The van der Waals surface area contributed by atoms with E-state index in [0.29, 0.717) is 12.4 Å². The number of amides is 1. The summed E-state index contributed by atoms with van der Waals surface area (Å²) < 4.78 is 27.0. The third-order valence-corrected chi connectivity index (χ3v) is 4.67. The number of carbonyl (C=O) groups is 2. The van der Waals surface area contributed by atoms with Gasteiger partial charge in [0.1, 0.15) is 18.1 Å². The van der Waals surface area contributed by atoms with E-state index in [4.69, 9.17) is 23.7 Å². The molecular weight excluding hydrogens is 414 g/mol. The maximum atomic E-state index is 13.4. The summed E-state index contributed by atoms with van der Waals surface area (Å²) in [5.74, 6) is 0.105. The minimum absolute atomic E-state index is 0.139. The zero-order valence-corrected chi connectivity index (χ0v) is 20.4. The van der Waals surface area contributed by atoms with Gasteiger partial charge in [0.05, 0.1) is 20.3 Å². The quantitative estimate of drug-likeness (QED) is 0.269. The number of ether oxygens (including phenoxy) is 5. The van der Waals surface area contributed by atoms with Crippen LogP contribution in [0.15, 0.2) is 30.9 Å². The fourth-order valence-corrected chi connectivity index (χ4v) is 3.39. The number of benzene rings is 1. The second-order valence-electron chi connectivity index (χ2n) is 8.33. The first-order valence-corrected chi connectivity index (χ1v) is 10.5. The van der Waals surface area contributed by atoms with Crippen LogP contribution in [0.2, 0.25) is 0 Å². The number of hydrogen-bond donors (Lipinski definition) is 0. The first-order chi connectivity index (χ1) is 15.1. The van der Waals surface area contributed by atoms with E-state index in [-0.39, 0.29) is 26.2 Å². The maximum Gasteiger partial charge on any atom is 0.413 e. The lowest BCUT2D eigenvalue weighted by atomic mass is 9.85. The molecule has 1 amide bonds. The zero-order valence-electron chi connectivity index (χ0n) is 20.4. The fraction of sp³-hybridized carbons (Fsp3) is 0.583. The van der Waals surface area contributed by atoms with E-state index in [1.54, 1.807) is 48.0 Å². The average Bonchev–Trinajstić information content (AvgIpc) is 2.71. The lowest BCUT2D eigenvalue weighted by molar-refractivity contribution is -0.161. The Hall–Kier alpha value is -2.58. The van der Waals surface area contributed by atoms with Gasteiger partial charge in [-0.2, -0.15) is 0 Å². The van der Waals surface area contributed by atoms with Crippen LogP contribution in [-0.4, -0.2) is 62.8 Å². The summed E-state index contributed by atoms with van der Waals surface area (Å²) in [7, 11) is 4.62. The van der Waals surface area contributed by atoms with Gasteiger partial charge in [-0.1, -0.05) is 12.1 Å². The molecule has 8 nitrogen and oxygen atoms in total. The molecule has 1 atom stereocenters. The lowest BCUT2D eigenvalue weighted by Gasteiger charge is -2.41. The summed E-state index contributed by atoms with van der Waals surface area (Å²) in [6.45, 7) is 11.1. The Morgan fingerprint density at radius 3 is 2.31 bits per heavy atom. The van der Waals surface area contributed by atoms with E-state index in [1.165, 1.54) is 12.0 Å². The molecular formula is C24H37NO7. The third kappa shape index (κ3) is 7.24. The fourth-order valence-electron chi connectivity index (χ4n) is 3.39. The molecule has 0 saturated heterocycles. The summed E-state index contributed by atoms with van der Waals surface area (Å²) >= 11 is 0. The number of hydrogen-bond acceptors (Lipinski definition) is 7. The van der Waals surface area contributed by atoms with Crippen molar-refractivity contribution >= 4 is 12.1 Å². The predicted molar refractivity (Wildman–Crippen MR) is 122 cm³/mol. The van der Waals surface area contributed by atoms with Gasteiger partial charge < -0.3 is 23.7 Å². The van der Waals surface area contributed by atoms with E-state index in [0.717, 1.165) is 11.1 Å². The molecule has 0 bridgehead atoms. The molecule has 0 fully saturated rings. The molecule has 0 spiro atoms. The first-order valence-electron chi connectivity index (χ1n) is 10.5. The summed E-state index contributed by atoms with van der Waals surface area (Å²) in [6.07, 6.45) is 1.20. The van der Waals surface area contributed by atoms with E-state index in [1.807, 2.05) is 18.2 Å². The average molecular weight is 452 g/mol. The Kier molecular flexibility index (Phi) is 10.7. The molecule has 1 aromatic rings. The van der Waals surface area contributed by atoms with Gasteiger partial charge in [0.15, 0.2) is 5.54 Å².